The van der Waals surface area contributed by atoms with Crippen molar-refractivity contribution < 1.29 is 17.6 Å². The molecule has 0 fully saturated rings. The lowest BCUT2D eigenvalue weighted by Gasteiger charge is -2.08. The summed E-state index contributed by atoms with van der Waals surface area (Å²) in [5.41, 5.74) is 5.35. The molecule has 0 unspecified atom stereocenters. The van der Waals surface area contributed by atoms with E-state index in [-0.39, 0.29) is 24.7 Å². The van der Waals surface area contributed by atoms with Crippen molar-refractivity contribution in [3.63, 3.8) is 0 Å². The Hall–Kier alpha value is -1.51. The number of nitrogens with one attached hydrogen (secondary N) is 2. The summed E-state index contributed by atoms with van der Waals surface area (Å²) in [4.78, 5) is 10.3. The Kier molecular flexibility index (Phi) is 4.76. The lowest BCUT2D eigenvalue weighted by Crippen LogP contribution is -2.29. The zero-order chi connectivity index (χ0) is 13.8. The highest BCUT2D eigenvalue weighted by Crippen LogP contribution is 2.18. The highest BCUT2D eigenvalue weighted by Gasteiger charge is 2.18. The summed E-state index contributed by atoms with van der Waals surface area (Å²) >= 11 is 0. The first-order valence-electron chi connectivity index (χ1n) is 5.13. The van der Waals surface area contributed by atoms with Crippen LogP contribution in [0, 0.1) is 5.82 Å². The third kappa shape index (κ3) is 3.76. The lowest BCUT2D eigenvalue weighted by atomic mass is 10.3. The van der Waals surface area contributed by atoms with Gasteiger partial charge in [-0.1, -0.05) is 0 Å². The number of nitrogens with two attached hydrogens (primary N) is 1. The van der Waals surface area contributed by atoms with Gasteiger partial charge in [0.25, 0.3) is 0 Å². The topological polar surface area (TPSA) is 101 Å². The summed E-state index contributed by atoms with van der Waals surface area (Å²) in [5, 5.41) is 2.35. The van der Waals surface area contributed by atoms with Crippen LogP contribution < -0.4 is 15.8 Å². The fourth-order valence-corrected chi connectivity index (χ4v) is 2.38. The number of rotatable bonds is 5. The molecule has 0 saturated heterocycles. The van der Waals surface area contributed by atoms with Crippen molar-refractivity contribution in [3.05, 3.63) is 24.0 Å². The van der Waals surface area contributed by atoms with Gasteiger partial charge < -0.3 is 11.1 Å². The van der Waals surface area contributed by atoms with Gasteiger partial charge in [0.05, 0.1) is 0 Å². The third-order valence-electron chi connectivity index (χ3n) is 1.98. The highest BCUT2D eigenvalue weighted by atomic mass is 32.2. The maximum atomic E-state index is 13.6. The van der Waals surface area contributed by atoms with Crippen molar-refractivity contribution in [1.29, 1.82) is 0 Å². The van der Waals surface area contributed by atoms with Gasteiger partial charge in [0.15, 0.2) is 0 Å². The molecule has 0 aliphatic rings. The number of sulfonamides is 1. The van der Waals surface area contributed by atoms with E-state index in [0.29, 0.717) is 0 Å². The molecule has 18 heavy (non-hydrogen) atoms. The van der Waals surface area contributed by atoms with E-state index in [9.17, 15) is 17.6 Å². The summed E-state index contributed by atoms with van der Waals surface area (Å²) < 4.78 is 39.1. The van der Waals surface area contributed by atoms with E-state index in [2.05, 4.69) is 10.0 Å². The smallest absolute Gasteiger partial charge is 0.243 e. The van der Waals surface area contributed by atoms with E-state index in [0.717, 1.165) is 12.1 Å². The van der Waals surface area contributed by atoms with Gasteiger partial charge in [-0.3, -0.25) is 4.79 Å². The largest absolute Gasteiger partial charge is 0.329 e. The van der Waals surface area contributed by atoms with Crippen LogP contribution in [0.1, 0.15) is 6.92 Å². The first-order chi connectivity index (χ1) is 8.36. The van der Waals surface area contributed by atoms with Crippen LogP contribution in [0.2, 0.25) is 0 Å². The van der Waals surface area contributed by atoms with Crippen molar-refractivity contribution >= 4 is 21.6 Å². The Morgan fingerprint density at radius 3 is 2.61 bits per heavy atom. The molecule has 0 aromatic heterocycles. The molecule has 1 aromatic rings. The molecule has 0 aliphatic carbocycles. The predicted molar refractivity (Wildman–Crippen MR) is 64.9 cm³/mol. The average Bonchev–Trinajstić information content (AvgIpc) is 2.25. The lowest BCUT2D eigenvalue weighted by molar-refractivity contribution is -0.114. The standard InChI is InChI=1S/C10H14FN3O3S/c1-7(15)14-8-2-3-10(9(11)6-8)18(16,17)13-5-4-12/h2-3,6,13H,4-5,12H2,1H3,(H,14,15). The molecule has 0 saturated carbocycles. The van der Waals surface area contributed by atoms with E-state index < -0.39 is 20.7 Å². The Labute approximate surface area is 104 Å². The molecule has 1 rings (SSSR count). The van der Waals surface area contributed by atoms with Crippen LogP contribution in [-0.2, 0) is 14.8 Å². The minimum Gasteiger partial charge on any atom is -0.329 e. The quantitative estimate of drug-likeness (QED) is 0.705. The Morgan fingerprint density at radius 2 is 2.11 bits per heavy atom. The fourth-order valence-electron chi connectivity index (χ4n) is 1.27. The minimum atomic E-state index is -3.92. The van der Waals surface area contributed by atoms with Crippen LogP contribution in [0.3, 0.4) is 0 Å². The number of anilines is 1. The van der Waals surface area contributed by atoms with E-state index >= 15 is 0 Å². The van der Waals surface area contributed by atoms with Crippen LogP contribution >= 0.6 is 0 Å². The first kappa shape index (κ1) is 14.6. The summed E-state index contributed by atoms with van der Waals surface area (Å²) in [6.07, 6.45) is 0. The number of carbonyl (C=O) groups excluding carboxylic acids is 1. The van der Waals surface area contributed by atoms with Crippen molar-refractivity contribution in [1.82, 2.24) is 4.72 Å². The molecule has 4 N–H and O–H groups in total. The zero-order valence-corrected chi connectivity index (χ0v) is 10.6. The van der Waals surface area contributed by atoms with Gasteiger partial charge in [0.1, 0.15) is 10.7 Å². The summed E-state index contributed by atoms with van der Waals surface area (Å²) in [6, 6.07) is 3.33. The number of amides is 1. The fraction of sp³-hybridized carbons (Fsp3) is 0.300. The Balaban J connectivity index is 3.02. The van der Waals surface area contributed by atoms with Crippen molar-refractivity contribution in [2.24, 2.45) is 5.73 Å². The SMILES string of the molecule is CC(=O)Nc1ccc(S(=O)(=O)NCCN)c(F)c1. The van der Waals surface area contributed by atoms with Gasteiger partial charge in [-0.25, -0.2) is 17.5 Å². The van der Waals surface area contributed by atoms with Crippen molar-refractivity contribution in [2.45, 2.75) is 11.8 Å². The molecule has 1 aromatic carbocycles. The first-order valence-corrected chi connectivity index (χ1v) is 6.62. The summed E-state index contributed by atoms with van der Waals surface area (Å²) in [6.45, 7) is 1.41. The number of carbonyl (C=O) groups is 1. The molecular weight excluding hydrogens is 261 g/mol. The average molecular weight is 275 g/mol. The third-order valence-corrected chi connectivity index (χ3v) is 3.47. The molecule has 100 valence electrons. The Morgan fingerprint density at radius 1 is 1.44 bits per heavy atom. The molecule has 0 spiro atoms. The normalized spacial score (nSPS) is 11.3. The van der Waals surface area contributed by atoms with Gasteiger partial charge in [-0.2, -0.15) is 0 Å². The molecule has 0 aliphatic heterocycles. The van der Waals surface area contributed by atoms with Crippen LogP contribution in [0.25, 0.3) is 0 Å². The van der Waals surface area contributed by atoms with Gasteiger partial charge in [0.2, 0.25) is 15.9 Å². The number of hydrogen-bond acceptors (Lipinski definition) is 4. The molecular formula is C10H14FN3O3S. The van der Waals surface area contributed by atoms with Gasteiger partial charge in [-0.15, -0.1) is 0 Å². The van der Waals surface area contributed by atoms with Crippen LogP contribution in [-0.4, -0.2) is 27.4 Å². The van der Waals surface area contributed by atoms with E-state index in [4.69, 9.17) is 5.73 Å². The number of benzene rings is 1. The number of hydrogen-bond donors (Lipinski definition) is 3. The minimum absolute atomic E-state index is 0.0230. The number of halogens is 1. The summed E-state index contributed by atoms with van der Waals surface area (Å²) in [7, 11) is -3.92. The maximum Gasteiger partial charge on any atom is 0.243 e. The van der Waals surface area contributed by atoms with Gasteiger partial charge >= 0.3 is 0 Å². The second-order valence-corrected chi connectivity index (χ2v) is 5.25. The van der Waals surface area contributed by atoms with E-state index in [1.165, 1.54) is 13.0 Å². The van der Waals surface area contributed by atoms with Gasteiger partial charge in [0, 0.05) is 25.7 Å². The van der Waals surface area contributed by atoms with Crippen LogP contribution in [0.5, 0.6) is 0 Å². The molecule has 0 atom stereocenters. The molecule has 0 bridgehead atoms. The zero-order valence-electron chi connectivity index (χ0n) is 9.73. The monoisotopic (exact) mass is 275 g/mol. The second kappa shape index (κ2) is 5.89. The Bertz CT molecular complexity index is 545. The maximum absolute atomic E-state index is 13.6. The molecule has 0 radical (unpaired) electrons. The van der Waals surface area contributed by atoms with E-state index in [1.54, 1.807) is 0 Å². The molecule has 0 heterocycles. The van der Waals surface area contributed by atoms with Gasteiger partial charge in [-0.05, 0) is 18.2 Å². The van der Waals surface area contributed by atoms with Crippen molar-refractivity contribution in [2.75, 3.05) is 18.4 Å². The predicted octanol–water partition coefficient (Wildman–Crippen LogP) is 0.0211. The van der Waals surface area contributed by atoms with Crippen LogP contribution in [0.4, 0.5) is 10.1 Å². The molecule has 1 amide bonds. The van der Waals surface area contributed by atoms with Crippen LogP contribution in [0.15, 0.2) is 23.1 Å². The molecule has 8 heteroatoms. The molecule has 6 nitrogen and oxygen atoms in total. The summed E-state index contributed by atoms with van der Waals surface area (Å²) in [5.74, 6) is -1.31. The van der Waals surface area contributed by atoms with E-state index in [1.807, 2.05) is 0 Å². The second-order valence-electron chi connectivity index (χ2n) is 3.51. The highest BCUT2D eigenvalue weighted by molar-refractivity contribution is 7.89. The van der Waals surface area contributed by atoms with Crippen molar-refractivity contribution in [3.8, 4) is 0 Å².